The van der Waals surface area contributed by atoms with Crippen molar-refractivity contribution in [2.75, 3.05) is 10.2 Å². The second-order valence-electron chi connectivity index (χ2n) is 6.79. The van der Waals surface area contributed by atoms with Crippen LogP contribution in [0.5, 0.6) is 5.75 Å². The lowest BCUT2D eigenvalue weighted by Crippen LogP contribution is -2.44. The SMILES string of the molecule is CC1Oc2ccc(NC(=O)c3ccccc3Cl)cc2N(Cc2ccccc2)C1=O. The van der Waals surface area contributed by atoms with Crippen LogP contribution >= 0.6 is 11.6 Å². The highest BCUT2D eigenvalue weighted by atomic mass is 35.5. The molecule has 0 aromatic heterocycles. The molecule has 6 heteroatoms. The first kappa shape index (κ1) is 19.0. The monoisotopic (exact) mass is 406 g/mol. The Balaban J connectivity index is 1.64. The third-order valence-electron chi connectivity index (χ3n) is 4.73. The number of nitrogens with one attached hydrogen (secondary N) is 1. The van der Waals surface area contributed by atoms with Gasteiger partial charge in [0.25, 0.3) is 11.8 Å². The fourth-order valence-corrected chi connectivity index (χ4v) is 3.48. The summed E-state index contributed by atoms with van der Waals surface area (Å²) in [5, 5.41) is 3.22. The van der Waals surface area contributed by atoms with Gasteiger partial charge in [-0.25, -0.2) is 0 Å². The van der Waals surface area contributed by atoms with Crippen molar-refractivity contribution in [3.8, 4) is 5.75 Å². The normalized spacial score (nSPS) is 15.4. The molecule has 29 heavy (non-hydrogen) atoms. The number of hydrogen-bond donors (Lipinski definition) is 1. The first-order valence-electron chi connectivity index (χ1n) is 9.25. The maximum Gasteiger partial charge on any atom is 0.268 e. The summed E-state index contributed by atoms with van der Waals surface area (Å²) >= 11 is 6.12. The molecule has 0 aliphatic carbocycles. The number of amides is 2. The number of carbonyl (C=O) groups excluding carboxylic acids is 2. The van der Waals surface area contributed by atoms with E-state index < -0.39 is 6.10 Å². The number of nitrogens with zero attached hydrogens (tertiary/aromatic N) is 1. The van der Waals surface area contributed by atoms with Gasteiger partial charge in [0.2, 0.25) is 0 Å². The van der Waals surface area contributed by atoms with Crippen molar-refractivity contribution in [3.05, 3.63) is 88.9 Å². The predicted molar refractivity (Wildman–Crippen MR) is 114 cm³/mol. The molecule has 0 radical (unpaired) electrons. The number of hydrogen-bond acceptors (Lipinski definition) is 3. The molecule has 3 aromatic carbocycles. The zero-order chi connectivity index (χ0) is 20.4. The molecule has 0 spiro atoms. The number of halogens is 1. The Kier molecular flexibility index (Phi) is 5.23. The Morgan fingerprint density at radius 2 is 1.79 bits per heavy atom. The molecule has 1 atom stereocenters. The van der Waals surface area contributed by atoms with Crippen LogP contribution < -0.4 is 15.0 Å². The molecule has 2 amide bonds. The van der Waals surface area contributed by atoms with E-state index in [2.05, 4.69) is 5.32 Å². The second kappa shape index (κ2) is 7.97. The summed E-state index contributed by atoms with van der Waals surface area (Å²) in [5.74, 6) is 0.154. The van der Waals surface area contributed by atoms with Crippen LogP contribution in [-0.2, 0) is 11.3 Å². The molecule has 5 nitrogen and oxygen atoms in total. The molecule has 0 saturated carbocycles. The third kappa shape index (κ3) is 3.96. The van der Waals surface area contributed by atoms with E-state index in [0.717, 1.165) is 5.56 Å². The van der Waals surface area contributed by atoms with Gasteiger partial charge < -0.3 is 15.0 Å². The number of rotatable bonds is 4. The van der Waals surface area contributed by atoms with Gasteiger partial charge in [0.15, 0.2) is 6.10 Å². The summed E-state index contributed by atoms with van der Waals surface area (Å²) in [6, 6.07) is 21.8. The molecule has 1 unspecified atom stereocenters. The Morgan fingerprint density at radius 1 is 1.07 bits per heavy atom. The molecule has 146 valence electrons. The molecule has 1 aliphatic heterocycles. The highest BCUT2D eigenvalue weighted by Gasteiger charge is 2.31. The molecule has 3 aromatic rings. The lowest BCUT2D eigenvalue weighted by molar-refractivity contribution is -0.125. The smallest absolute Gasteiger partial charge is 0.268 e. The molecule has 0 saturated heterocycles. The second-order valence-corrected chi connectivity index (χ2v) is 7.19. The van der Waals surface area contributed by atoms with E-state index in [0.29, 0.717) is 34.3 Å². The van der Waals surface area contributed by atoms with Gasteiger partial charge in [0.1, 0.15) is 5.75 Å². The van der Waals surface area contributed by atoms with Crippen molar-refractivity contribution < 1.29 is 14.3 Å². The zero-order valence-electron chi connectivity index (χ0n) is 15.8. The molecule has 1 aliphatic rings. The average Bonchev–Trinajstić information content (AvgIpc) is 2.73. The quantitative estimate of drug-likeness (QED) is 0.670. The van der Waals surface area contributed by atoms with Crippen molar-refractivity contribution in [1.29, 1.82) is 0 Å². The minimum atomic E-state index is -0.574. The summed E-state index contributed by atoms with van der Waals surface area (Å²) in [5.41, 5.74) is 2.56. The van der Waals surface area contributed by atoms with Gasteiger partial charge in [-0.05, 0) is 42.8 Å². The number of ether oxygens (including phenoxy) is 1. The molecular weight excluding hydrogens is 388 g/mol. The van der Waals surface area contributed by atoms with Crippen molar-refractivity contribution in [3.63, 3.8) is 0 Å². The van der Waals surface area contributed by atoms with E-state index in [1.54, 1.807) is 54.3 Å². The van der Waals surface area contributed by atoms with Gasteiger partial charge in [-0.1, -0.05) is 54.1 Å². The number of carbonyl (C=O) groups is 2. The first-order valence-corrected chi connectivity index (χ1v) is 9.62. The van der Waals surface area contributed by atoms with Gasteiger partial charge in [-0.3, -0.25) is 9.59 Å². The van der Waals surface area contributed by atoms with Crippen LogP contribution in [0.4, 0.5) is 11.4 Å². The van der Waals surface area contributed by atoms with Gasteiger partial charge in [-0.15, -0.1) is 0 Å². The standard InChI is InChI=1S/C23H19ClN2O3/c1-15-23(28)26(14-16-7-3-2-4-8-16)20-13-17(11-12-21(20)29-15)25-22(27)18-9-5-6-10-19(18)24/h2-13,15H,14H2,1H3,(H,25,27). The van der Waals surface area contributed by atoms with Crippen LogP contribution in [-0.4, -0.2) is 17.9 Å². The summed E-state index contributed by atoms with van der Waals surface area (Å²) in [6.45, 7) is 2.15. The van der Waals surface area contributed by atoms with Crippen LogP contribution in [0, 0.1) is 0 Å². The van der Waals surface area contributed by atoms with Gasteiger partial charge in [-0.2, -0.15) is 0 Å². The number of benzene rings is 3. The van der Waals surface area contributed by atoms with Crippen LogP contribution in [0.3, 0.4) is 0 Å². The van der Waals surface area contributed by atoms with Crippen LogP contribution in [0.15, 0.2) is 72.8 Å². The number of anilines is 2. The fraction of sp³-hybridized carbons (Fsp3) is 0.130. The van der Waals surface area contributed by atoms with Gasteiger partial charge in [0.05, 0.1) is 22.8 Å². The van der Waals surface area contributed by atoms with E-state index >= 15 is 0 Å². The zero-order valence-corrected chi connectivity index (χ0v) is 16.5. The van der Waals surface area contributed by atoms with E-state index in [1.165, 1.54) is 0 Å². The van der Waals surface area contributed by atoms with E-state index in [9.17, 15) is 9.59 Å². The van der Waals surface area contributed by atoms with Gasteiger partial charge in [0, 0.05) is 5.69 Å². The maximum absolute atomic E-state index is 12.8. The Hall–Kier alpha value is -3.31. The summed E-state index contributed by atoms with van der Waals surface area (Å²) < 4.78 is 5.75. The Morgan fingerprint density at radius 3 is 2.55 bits per heavy atom. The van der Waals surface area contributed by atoms with Crippen LogP contribution in [0.25, 0.3) is 0 Å². The summed E-state index contributed by atoms with van der Waals surface area (Å²) in [6.07, 6.45) is -0.574. The van der Waals surface area contributed by atoms with Gasteiger partial charge >= 0.3 is 0 Å². The summed E-state index contributed by atoms with van der Waals surface area (Å²) in [7, 11) is 0. The van der Waals surface area contributed by atoms with Crippen molar-refractivity contribution in [2.45, 2.75) is 19.6 Å². The first-order chi connectivity index (χ1) is 14.0. The lowest BCUT2D eigenvalue weighted by atomic mass is 10.1. The van der Waals surface area contributed by atoms with Crippen LogP contribution in [0.1, 0.15) is 22.8 Å². The molecule has 4 rings (SSSR count). The van der Waals surface area contributed by atoms with Crippen molar-refractivity contribution in [1.82, 2.24) is 0 Å². The lowest BCUT2D eigenvalue weighted by Gasteiger charge is -2.33. The Labute approximate surface area is 173 Å². The minimum absolute atomic E-state index is 0.129. The predicted octanol–water partition coefficient (Wildman–Crippen LogP) is 4.91. The fourth-order valence-electron chi connectivity index (χ4n) is 3.26. The molecule has 0 fully saturated rings. The van der Waals surface area contributed by atoms with E-state index in [4.69, 9.17) is 16.3 Å². The van der Waals surface area contributed by atoms with Crippen LogP contribution in [0.2, 0.25) is 5.02 Å². The van der Waals surface area contributed by atoms with E-state index in [1.807, 2.05) is 30.3 Å². The highest BCUT2D eigenvalue weighted by Crippen LogP contribution is 2.37. The molecule has 0 bridgehead atoms. The molecule has 1 heterocycles. The topological polar surface area (TPSA) is 58.6 Å². The Bertz CT molecular complexity index is 1070. The van der Waals surface area contributed by atoms with Crippen molar-refractivity contribution >= 4 is 34.8 Å². The maximum atomic E-state index is 12.8. The minimum Gasteiger partial charge on any atom is -0.479 e. The highest BCUT2D eigenvalue weighted by molar-refractivity contribution is 6.34. The number of fused-ring (bicyclic) bond motifs is 1. The summed E-state index contributed by atoms with van der Waals surface area (Å²) in [4.78, 5) is 27.1. The third-order valence-corrected chi connectivity index (χ3v) is 5.06. The average molecular weight is 407 g/mol. The van der Waals surface area contributed by atoms with Crippen molar-refractivity contribution in [2.24, 2.45) is 0 Å². The molecule has 1 N–H and O–H groups in total. The largest absolute Gasteiger partial charge is 0.479 e. The molecular formula is C23H19ClN2O3. The van der Waals surface area contributed by atoms with E-state index in [-0.39, 0.29) is 11.8 Å².